The number of benzene rings is 1. The Morgan fingerprint density at radius 3 is 2.59 bits per heavy atom. The third-order valence-corrected chi connectivity index (χ3v) is 3.20. The second-order valence-corrected chi connectivity index (χ2v) is 4.46. The van der Waals surface area contributed by atoms with Crippen molar-refractivity contribution in [1.82, 2.24) is 4.98 Å². The van der Waals surface area contributed by atoms with Crippen LogP contribution < -0.4 is 10.6 Å². The van der Waals surface area contributed by atoms with Gasteiger partial charge in [-0.1, -0.05) is 40.2 Å². The number of halogens is 1. The van der Waals surface area contributed by atoms with E-state index in [9.17, 15) is 0 Å². The van der Waals surface area contributed by atoms with E-state index in [1.165, 1.54) is 5.56 Å². The highest BCUT2D eigenvalue weighted by molar-refractivity contribution is 9.10. The number of hydrogen-bond acceptors (Lipinski definition) is 3. The van der Waals surface area contributed by atoms with Gasteiger partial charge in [-0.05, 0) is 23.8 Å². The van der Waals surface area contributed by atoms with E-state index >= 15 is 0 Å². The zero-order valence-electron chi connectivity index (χ0n) is 9.57. The van der Waals surface area contributed by atoms with Gasteiger partial charge < -0.3 is 10.6 Å². The molecule has 0 atom stereocenters. The molecule has 1 aromatic carbocycles. The van der Waals surface area contributed by atoms with Gasteiger partial charge in [0.15, 0.2) is 0 Å². The predicted octanol–water partition coefficient (Wildman–Crippen LogP) is 3.50. The Bertz CT molecular complexity index is 500. The fourth-order valence-electron chi connectivity index (χ4n) is 1.50. The minimum absolute atomic E-state index is 0.752. The van der Waals surface area contributed by atoms with Crippen LogP contribution in [0.1, 0.15) is 5.56 Å². The van der Waals surface area contributed by atoms with E-state index in [4.69, 9.17) is 0 Å². The smallest absolute Gasteiger partial charge is 0.128 e. The minimum atomic E-state index is 0.752. The standard InChI is InChI=1S/C13H14BrN3/c1-15-12-7-4-8-13(17-12)16-9-10-5-2-3-6-11(10)14/h2-8H,9H2,1H3,(H2,15,16,17). The van der Waals surface area contributed by atoms with Crippen molar-refractivity contribution in [3.8, 4) is 0 Å². The summed E-state index contributed by atoms with van der Waals surface area (Å²) in [7, 11) is 1.86. The first-order valence-corrected chi connectivity index (χ1v) is 6.21. The van der Waals surface area contributed by atoms with Crippen molar-refractivity contribution >= 4 is 27.6 Å². The van der Waals surface area contributed by atoms with Gasteiger partial charge in [0, 0.05) is 18.1 Å². The largest absolute Gasteiger partial charge is 0.373 e. The third-order valence-electron chi connectivity index (χ3n) is 2.42. The highest BCUT2D eigenvalue weighted by atomic mass is 79.9. The van der Waals surface area contributed by atoms with Gasteiger partial charge in [0.25, 0.3) is 0 Å². The molecule has 0 aliphatic heterocycles. The van der Waals surface area contributed by atoms with Crippen LogP contribution in [0.5, 0.6) is 0 Å². The van der Waals surface area contributed by atoms with Gasteiger partial charge in [-0.25, -0.2) is 4.98 Å². The molecule has 2 N–H and O–H groups in total. The number of rotatable bonds is 4. The maximum atomic E-state index is 4.40. The van der Waals surface area contributed by atoms with Gasteiger partial charge in [0.2, 0.25) is 0 Å². The van der Waals surface area contributed by atoms with Crippen LogP contribution in [-0.2, 0) is 6.54 Å². The SMILES string of the molecule is CNc1cccc(NCc2ccccc2Br)n1. The molecule has 0 spiro atoms. The third kappa shape index (κ3) is 3.20. The molecule has 88 valence electrons. The van der Waals surface area contributed by atoms with Gasteiger partial charge >= 0.3 is 0 Å². The molecule has 0 saturated carbocycles. The monoisotopic (exact) mass is 291 g/mol. The molecule has 17 heavy (non-hydrogen) atoms. The van der Waals surface area contributed by atoms with Gasteiger partial charge in [-0.2, -0.15) is 0 Å². The van der Waals surface area contributed by atoms with Crippen LogP contribution in [0.2, 0.25) is 0 Å². The van der Waals surface area contributed by atoms with E-state index in [2.05, 4.69) is 37.6 Å². The van der Waals surface area contributed by atoms with Crippen LogP contribution in [0.15, 0.2) is 46.9 Å². The number of nitrogens with one attached hydrogen (secondary N) is 2. The Morgan fingerprint density at radius 2 is 1.82 bits per heavy atom. The molecule has 0 aliphatic carbocycles. The lowest BCUT2D eigenvalue weighted by molar-refractivity contribution is 1.10. The van der Waals surface area contributed by atoms with Gasteiger partial charge in [0.05, 0.1) is 0 Å². The number of anilines is 2. The average molecular weight is 292 g/mol. The quantitative estimate of drug-likeness (QED) is 0.905. The van der Waals surface area contributed by atoms with Crippen molar-refractivity contribution in [3.05, 3.63) is 52.5 Å². The van der Waals surface area contributed by atoms with E-state index in [1.54, 1.807) is 0 Å². The summed E-state index contributed by atoms with van der Waals surface area (Å²) in [5, 5.41) is 6.31. The van der Waals surface area contributed by atoms with Crippen molar-refractivity contribution in [1.29, 1.82) is 0 Å². The van der Waals surface area contributed by atoms with E-state index in [0.29, 0.717) is 0 Å². The van der Waals surface area contributed by atoms with Gasteiger partial charge in [-0.15, -0.1) is 0 Å². The van der Waals surface area contributed by atoms with Crippen molar-refractivity contribution in [2.45, 2.75) is 6.54 Å². The second kappa shape index (κ2) is 5.68. The second-order valence-electron chi connectivity index (χ2n) is 3.60. The molecule has 0 aliphatic rings. The van der Waals surface area contributed by atoms with Gasteiger partial charge in [-0.3, -0.25) is 0 Å². The lowest BCUT2D eigenvalue weighted by atomic mass is 10.2. The van der Waals surface area contributed by atoms with E-state index in [-0.39, 0.29) is 0 Å². The number of nitrogens with zero attached hydrogens (tertiary/aromatic N) is 1. The van der Waals surface area contributed by atoms with Crippen LogP contribution in [0.3, 0.4) is 0 Å². The van der Waals surface area contributed by atoms with E-state index in [1.807, 2.05) is 43.4 Å². The first-order valence-electron chi connectivity index (χ1n) is 5.41. The van der Waals surface area contributed by atoms with Crippen molar-refractivity contribution in [2.75, 3.05) is 17.7 Å². The van der Waals surface area contributed by atoms with Crippen molar-refractivity contribution in [2.24, 2.45) is 0 Å². The van der Waals surface area contributed by atoms with Crippen molar-refractivity contribution < 1.29 is 0 Å². The lowest BCUT2D eigenvalue weighted by Gasteiger charge is -2.08. The van der Waals surface area contributed by atoms with Crippen LogP contribution in [0.4, 0.5) is 11.6 Å². The Labute approximate surface area is 109 Å². The summed E-state index contributed by atoms with van der Waals surface area (Å²) in [5.74, 6) is 1.73. The predicted molar refractivity (Wildman–Crippen MR) is 75.3 cm³/mol. The Balaban J connectivity index is 2.05. The maximum absolute atomic E-state index is 4.40. The maximum Gasteiger partial charge on any atom is 0.128 e. The highest BCUT2D eigenvalue weighted by Crippen LogP contribution is 2.17. The van der Waals surface area contributed by atoms with Crippen LogP contribution >= 0.6 is 15.9 Å². The topological polar surface area (TPSA) is 37.0 Å². The fraction of sp³-hybridized carbons (Fsp3) is 0.154. The molecule has 1 heterocycles. The Kier molecular flexibility index (Phi) is 3.98. The molecule has 2 aromatic rings. The Hall–Kier alpha value is -1.55. The van der Waals surface area contributed by atoms with Crippen LogP contribution in [0, 0.1) is 0 Å². The molecular weight excluding hydrogens is 278 g/mol. The summed E-state index contributed by atoms with van der Waals surface area (Å²) in [6.45, 7) is 0.752. The molecule has 2 rings (SSSR count). The average Bonchev–Trinajstić information content (AvgIpc) is 2.38. The molecule has 3 nitrogen and oxygen atoms in total. The molecule has 0 unspecified atom stereocenters. The molecule has 1 aromatic heterocycles. The summed E-state index contributed by atoms with van der Waals surface area (Å²) >= 11 is 3.53. The summed E-state index contributed by atoms with van der Waals surface area (Å²) in [6.07, 6.45) is 0. The van der Waals surface area contributed by atoms with E-state index < -0.39 is 0 Å². The molecule has 4 heteroatoms. The Morgan fingerprint density at radius 1 is 1.06 bits per heavy atom. The molecular formula is C13H14BrN3. The number of pyridine rings is 1. The van der Waals surface area contributed by atoms with Gasteiger partial charge in [0.1, 0.15) is 11.6 Å². The summed E-state index contributed by atoms with van der Waals surface area (Å²) in [4.78, 5) is 4.40. The lowest BCUT2D eigenvalue weighted by Crippen LogP contribution is -2.03. The summed E-state index contributed by atoms with van der Waals surface area (Å²) < 4.78 is 1.11. The normalized spacial score (nSPS) is 10.0. The molecule has 0 fully saturated rings. The first kappa shape index (κ1) is 11.9. The van der Waals surface area contributed by atoms with Crippen LogP contribution in [0.25, 0.3) is 0 Å². The number of aromatic nitrogens is 1. The van der Waals surface area contributed by atoms with Crippen molar-refractivity contribution in [3.63, 3.8) is 0 Å². The zero-order chi connectivity index (χ0) is 12.1. The van der Waals surface area contributed by atoms with E-state index in [0.717, 1.165) is 22.7 Å². The zero-order valence-corrected chi connectivity index (χ0v) is 11.2. The number of hydrogen-bond donors (Lipinski definition) is 2. The molecule has 0 bridgehead atoms. The molecule has 0 saturated heterocycles. The summed E-state index contributed by atoms with van der Waals surface area (Å²) in [6, 6.07) is 14.0. The first-order chi connectivity index (χ1) is 8.29. The summed E-state index contributed by atoms with van der Waals surface area (Å²) in [5.41, 5.74) is 1.21. The molecule has 0 amide bonds. The fourth-order valence-corrected chi connectivity index (χ4v) is 1.92. The van der Waals surface area contributed by atoms with Crippen LogP contribution in [-0.4, -0.2) is 12.0 Å². The molecule has 0 radical (unpaired) electrons. The minimum Gasteiger partial charge on any atom is -0.373 e. The highest BCUT2D eigenvalue weighted by Gasteiger charge is 1.99.